The Bertz CT molecular complexity index is 795. The molecule has 0 saturated carbocycles. The fraction of sp³-hybridized carbons (Fsp3) is 0.550. The summed E-state index contributed by atoms with van der Waals surface area (Å²) in [5.74, 6) is 3.35. The molecule has 1 aromatic carbocycles. The SMILES string of the molecule is CCCOc1cccc(C(=O)N2CCC(c3nnc4n3CCNC4)CC2)c1. The van der Waals surface area contributed by atoms with Crippen LogP contribution in [-0.4, -0.2) is 51.8 Å². The van der Waals surface area contributed by atoms with E-state index in [1.54, 1.807) is 0 Å². The molecule has 2 aliphatic rings. The summed E-state index contributed by atoms with van der Waals surface area (Å²) in [5, 5.41) is 12.1. The zero-order chi connectivity index (χ0) is 18.6. The zero-order valence-electron chi connectivity index (χ0n) is 15.9. The van der Waals surface area contributed by atoms with Crippen LogP contribution in [-0.2, 0) is 13.1 Å². The maximum absolute atomic E-state index is 12.9. The van der Waals surface area contributed by atoms with Gasteiger partial charge in [-0.3, -0.25) is 4.79 Å². The van der Waals surface area contributed by atoms with Crippen LogP contribution in [0.3, 0.4) is 0 Å². The van der Waals surface area contributed by atoms with Gasteiger partial charge in [-0.1, -0.05) is 13.0 Å². The number of fused-ring (bicyclic) bond motifs is 1. The molecule has 1 saturated heterocycles. The second-order valence-electron chi connectivity index (χ2n) is 7.25. The van der Waals surface area contributed by atoms with E-state index < -0.39 is 0 Å². The first-order chi connectivity index (χ1) is 13.3. The van der Waals surface area contributed by atoms with Gasteiger partial charge in [0.25, 0.3) is 5.91 Å². The first-order valence-corrected chi connectivity index (χ1v) is 9.91. The predicted octanol–water partition coefficient (Wildman–Crippen LogP) is 2.19. The van der Waals surface area contributed by atoms with E-state index in [0.29, 0.717) is 18.1 Å². The Balaban J connectivity index is 1.39. The van der Waals surface area contributed by atoms with E-state index in [-0.39, 0.29) is 5.91 Å². The molecule has 0 aliphatic carbocycles. The lowest BCUT2D eigenvalue weighted by Crippen LogP contribution is -2.39. The topological polar surface area (TPSA) is 72.3 Å². The molecule has 0 unspecified atom stereocenters. The van der Waals surface area contributed by atoms with Gasteiger partial charge in [0, 0.05) is 37.7 Å². The number of rotatable bonds is 5. The molecule has 7 nitrogen and oxygen atoms in total. The van der Waals surface area contributed by atoms with Gasteiger partial charge in [0.2, 0.25) is 0 Å². The monoisotopic (exact) mass is 369 g/mol. The van der Waals surface area contributed by atoms with Gasteiger partial charge in [-0.2, -0.15) is 0 Å². The molecule has 4 rings (SSSR count). The van der Waals surface area contributed by atoms with E-state index in [0.717, 1.165) is 69.4 Å². The second kappa shape index (κ2) is 8.08. The first kappa shape index (κ1) is 18.0. The Kier molecular flexibility index (Phi) is 5.38. The van der Waals surface area contributed by atoms with Crippen LogP contribution < -0.4 is 10.1 Å². The van der Waals surface area contributed by atoms with Gasteiger partial charge >= 0.3 is 0 Å². The average Bonchev–Trinajstić information content (AvgIpc) is 3.16. The highest BCUT2D eigenvalue weighted by Crippen LogP contribution is 2.29. The first-order valence-electron chi connectivity index (χ1n) is 9.91. The van der Waals surface area contributed by atoms with Gasteiger partial charge in [-0.25, -0.2) is 0 Å². The van der Waals surface area contributed by atoms with Crippen LogP contribution in [0.5, 0.6) is 5.75 Å². The van der Waals surface area contributed by atoms with Gasteiger partial charge < -0.3 is 19.5 Å². The van der Waals surface area contributed by atoms with Gasteiger partial charge in [0.15, 0.2) is 0 Å². The molecule has 2 aliphatic heterocycles. The van der Waals surface area contributed by atoms with Crippen LogP contribution in [0.2, 0.25) is 0 Å². The number of carbonyl (C=O) groups excluding carboxylic acids is 1. The molecule has 27 heavy (non-hydrogen) atoms. The van der Waals surface area contributed by atoms with Crippen molar-refractivity contribution < 1.29 is 9.53 Å². The van der Waals surface area contributed by atoms with E-state index in [1.807, 2.05) is 29.2 Å². The fourth-order valence-electron chi connectivity index (χ4n) is 3.88. The van der Waals surface area contributed by atoms with Crippen molar-refractivity contribution in [1.29, 1.82) is 0 Å². The standard InChI is InChI=1S/C20H27N5O2/c1-2-12-27-17-5-3-4-16(13-17)20(26)24-9-6-15(7-10-24)19-23-22-18-14-21-8-11-25(18)19/h3-5,13,15,21H,2,6-12,14H2,1H3. The molecule has 2 aromatic rings. The number of nitrogens with zero attached hydrogens (tertiary/aromatic N) is 4. The molecule has 144 valence electrons. The van der Waals surface area contributed by atoms with Crippen molar-refractivity contribution in [2.24, 2.45) is 0 Å². The second-order valence-corrected chi connectivity index (χ2v) is 7.25. The molecule has 0 radical (unpaired) electrons. The minimum atomic E-state index is 0.0860. The summed E-state index contributed by atoms with van der Waals surface area (Å²) >= 11 is 0. The number of ether oxygens (including phenoxy) is 1. The molecule has 1 aromatic heterocycles. The number of hydrogen-bond acceptors (Lipinski definition) is 5. The average molecular weight is 369 g/mol. The molecule has 0 bridgehead atoms. The third-order valence-corrected chi connectivity index (χ3v) is 5.35. The summed E-state index contributed by atoms with van der Waals surface area (Å²) in [6, 6.07) is 7.52. The molecule has 3 heterocycles. The number of nitrogens with one attached hydrogen (secondary N) is 1. The number of amides is 1. The van der Waals surface area contributed by atoms with Gasteiger partial charge in [0.05, 0.1) is 13.2 Å². The summed E-state index contributed by atoms with van der Waals surface area (Å²) in [4.78, 5) is 14.8. The number of aromatic nitrogens is 3. The van der Waals surface area contributed by atoms with Crippen molar-refractivity contribution in [2.75, 3.05) is 26.2 Å². The maximum Gasteiger partial charge on any atom is 0.253 e. The predicted molar refractivity (Wildman–Crippen MR) is 102 cm³/mol. The van der Waals surface area contributed by atoms with E-state index >= 15 is 0 Å². The van der Waals surface area contributed by atoms with Crippen molar-refractivity contribution >= 4 is 5.91 Å². The van der Waals surface area contributed by atoms with Gasteiger partial charge in [0.1, 0.15) is 17.4 Å². The molecule has 0 spiro atoms. The molecule has 7 heteroatoms. The number of hydrogen-bond donors (Lipinski definition) is 1. The lowest BCUT2D eigenvalue weighted by molar-refractivity contribution is 0.0709. The molecule has 1 N–H and O–H groups in total. The van der Waals surface area contributed by atoms with Crippen LogP contribution in [0.25, 0.3) is 0 Å². The van der Waals surface area contributed by atoms with E-state index in [9.17, 15) is 4.79 Å². The van der Waals surface area contributed by atoms with Crippen LogP contribution >= 0.6 is 0 Å². The van der Waals surface area contributed by atoms with Gasteiger partial charge in [-0.05, 0) is 37.5 Å². The molecule has 0 atom stereocenters. The zero-order valence-corrected chi connectivity index (χ0v) is 15.9. The highest BCUT2D eigenvalue weighted by molar-refractivity contribution is 5.94. The maximum atomic E-state index is 12.9. The Morgan fingerprint density at radius 1 is 1.26 bits per heavy atom. The number of carbonyl (C=O) groups is 1. The van der Waals surface area contributed by atoms with Crippen LogP contribution in [0.4, 0.5) is 0 Å². The van der Waals surface area contributed by atoms with E-state index in [1.165, 1.54) is 0 Å². The Morgan fingerprint density at radius 2 is 2.11 bits per heavy atom. The third-order valence-electron chi connectivity index (χ3n) is 5.35. The van der Waals surface area contributed by atoms with Crippen LogP contribution in [0.1, 0.15) is 54.1 Å². The van der Waals surface area contributed by atoms with E-state index in [2.05, 4.69) is 27.0 Å². The largest absolute Gasteiger partial charge is 0.494 e. The smallest absolute Gasteiger partial charge is 0.253 e. The molecular formula is C20H27N5O2. The quantitative estimate of drug-likeness (QED) is 0.875. The Morgan fingerprint density at radius 3 is 2.93 bits per heavy atom. The minimum Gasteiger partial charge on any atom is -0.494 e. The van der Waals surface area contributed by atoms with Gasteiger partial charge in [-0.15, -0.1) is 10.2 Å². The summed E-state index contributed by atoms with van der Waals surface area (Å²) in [5.41, 5.74) is 0.702. The summed E-state index contributed by atoms with van der Waals surface area (Å²) in [6.07, 6.45) is 2.82. The van der Waals surface area contributed by atoms with Crippen molar-refractivity contribution in [3.63, 3.8) is 0 Å². The molecule has 1 fully saturated rings. The molecular weight excluding hydrogens is 342 g/mol. The van der Waals surface area contributed by atoms with Crippen LogP contribution in [0.15, 0.2) is 24.3 Å². The Hall–Kier alpha value is -2.41. The summed E-state index contributed by atoms with van der Waals surface area (Å²) in [7, 11) is 0. The molecule has 1 amide bonds. The third kappa shape index (κ3) is 3.83. The van der Waals surface area contributed by atoms with Crippen molar-refractivity contribution in [1.82, 2.24) is 25.0 Å². The normalized spacial score (nSPS) is 17.6. The van der Waals surface area contributed by atoms with Crippen molar-refractivity contribution in [3.05, 3.63) is 41.5 Å². The summed E-state index contributed by atoms with van der Waals surface area (Å²) in [6.45, 7) is 6.94. The number of benzene rings is 1. The lowest BCUT2D eigenvalue weighted by Gasteiger charge is -2.32. The van der Waals surface area contributed by atoms with Crippen LogP contribution in [0, 0.1) is 0 Å². The number of piperidine rings is 1. The number of likely N-dealkylation sites (tertiary alicyclic amines) is 1. The highest BCUT2D eigenvalue weighted by Gasteiger charge is 2.29. The van der Waals surface area contributed by atoms with E-state index in [4.69, 9.17) is 4.74 Å². The minimum absolute atomic E-state index is 0.0860. The summed E-state index contributed by atoms with van der Waals surface area (Å²) < 4.78 is 7.92. The lowest BCUT2D eigenvalue weighted by atomic mass is 9.95. The Labute approximate surface area is 159 Å². The fourth-order valence-corrected chi connectivity index (χ4v) is 3.88. The highest BCUT2D eigenvalue weighted by atomic mass is 16.5. The van der Waals surface area contributed by atoms with Crippen molar-refractivity contribution in [3.8, 4) is 5.75 Å². The van der Waals surface area contributed by atoms with Crippen molar-refractivity contribution in [2.45, 2.75) is 45.2 Å².